The van der Waals surface area contributed by atoms with Crippen LogP contribution in [0.15, 0.2) is 36.8 Å². The average molecular weight is 288 g/mol. The van der Waals surface area contributed by atoms with Gasteiger partial charge < -0.3 is 4.57 Å². The van der Waals surface area contributed by atoms with Crippen LogP contribution >= 0.6 is 11.6 Å². The number of fused-ring (bicyclic) bond motifs is 1. The second-order valence-electron chi connectivity index (χ2n) is 4.38. The third-order valence-corrected chi connectivity index (χ3v) is 3.29. The highest BCUT2D eigenvalue weighted by molar-refractivity contribution is 6.34. The van der Waals surface area contributed by atoms with E-state index in [1.807, 2.05) is 37.6 Å². The van der Waals surface area contributed by atoms with Crippen LogP contribution in [-0.2, 0) is 0 Å². The monoisotopic (exact) mass is 287 g/mol. The Balaban J connectivity index is 0.000000704. The van der Waals surface area contributed by atoms with E-state index >= 15 is 0 Å². The lowest BCUT2D eigenvalue weighted by Gasteiger charge is -2.05. The minimum Gasteiger partial charge on any atom is -0.301 e. The standard InChI is InChI=1S/C14H12ClN3.C2H6/c1-9-4-3-5-11(6-9)18-7-10(2)12-13(15)16-8-17-14(12)18;1-2/h3-8H,1-2H3;1-2H3. The topological polar surface area (TPSA) is 30.7 Å². The smallest absolute Gasteiger partial charge is 0.149 e. The van der Waals surface area contributed by atoms with E-state index in [0.29, 0.717) is 5.15 Å². The second kappa shape index (κ2) is 6.06. The quantitative estimate of drug-likeness (QED) is 0.607. The SMILES string of the molecule is CC.Cc1cccc(-n2cc(C)c3c(Cl)ncnc32)c1. The Morgan fingerprint density at radius 1 is 1.10 bits per heavy atom. The predicted octanol–water partition coefficient (Wildman–Crippen LogP) is 4.72. The van der Waals surface area contributed by atoms with E-state index < -0.39 is 0 Å². The van der Waals surface area contributed by atoms with Gasteiger partial charge in [-0.15, -0.1) is 0 Å². The molecular weight excluding hydrogens is 270 g/mol. The molecule has 0 radical (unpaired) electrons. The molecule has 2 heterocycles. The maximum absolute atomic E-state index is 6.13. The van der Waals surface area contributed by atoms with E-state index in [9.17, 15) is 0 Å². The summed E-state index contributed by atoms with van der Waals surface area (Å²) in [5, 5.41) is 1.42. The van der Waals surface area contributed by atoms with Gasteiger partial charge in [0.1, 0.15) is 17.1 Å². The summed E-state index contributed by atoms with van der Waals surface area (Å²) in [7, 11) is 0. The van der Waals surface area contributed by atoms with Crippen molar-refractivity contribution < 1.29 is 0 Å². The zero-order valence-electron chi connectivity index (χ0n) is 12.2. The molecule has 0 spiro atoms. The third kappa shape index (κ3) is 2.54. The van der Waals surface area contributed by atoms with Gasteiger partial charge >= 0.3 is 0 Å². The maximum Gasteiger partial charge on any atom is 0.149 e. The highest BCUT2D eigenvalue weighted by Gasteiger charge is 2.11. The van der Waals surface area contributed by atoms with Gasteiger partial charge in [-0.2, -0.15) is 0 Å². The molecule has 20 heavy (non-hydrogen) atoms. The summed E-state index contributed by atoms with van der Waals surface area (Å²) >= 11 is 6.13. The number of aromatic nitrogens is 3. The molecule has 0 amide bonds. The van der Waals surface area contributed by atoms with Gasteiger partial charge in [0.2, 0.25) is 0 Å². The lowest BCUT2D eigenvalue weighted by Crippen LogP contribution is -1.94. The molecule has 0 N–H and O–H groups in total. The first-order valence-electron chi connectivity index (χ1n) is 6.72. The summed E-state index contributed by atoms with van der Waals surface area (Å²) in [6, 6.07) is 8.29. The number of aryl methyl sites for hydroxylation is 2. The second-order valence-corrected chi connectivity index (χ2v) is 4.74. The molecular formula is C16H18ClN3. The number of nitrogens with zero attached hydrogens (tertiary/aromatic N) is 3. The van der Waals surface area contributed by atoms with Gasteiger partial charge in [-0.1, -0.05) is 37.6 Å². The normalized spacial score (nSPS) is 10.2. The van der Waals surface area contributed by atoms with Crippen LogP contribution in [0.3, 0.4) is 0 Å². The average Bonchev–Trinajstić information content (AvgIpc) is 2.80. The van der Waals surface area contributed by atoms with E-state index in [0.717, 1.165) is 22.3 Å². The summed E-state index contributed by atoms with van der Waals surface area (Å²) in [4.78, 5) is 8.37. The first kappa shape index (κ1) is 14.5. The molecule has 104 valence electrons. The first-order valence-corrected chi connectivity index (χ1v) is 7.10. The number of rotatable bonds is 1. The van der Waals surface area contributed by atoms with Crippen molar-refractivity contribution in [3.63, 3.8) is 0 Å². The van der Waals surface area contributed by atoms with E-state index in [4.69, 9.17) is 11.6 Å². The number of hydrogen-bond acceptors (Lipinski definition) is 2. The van der Waals surface area contributed by atoms with Gasteiger partial charge in [0.25, 0.3) is 0 Å². The molecule has 4 heteroatoms. The van der Waals surface area contributed by atoms with Crippen molar-refractivity contribution in [2.75, 3.05) is 0 Å². The van der Waals surface area contributed by atoms with E-state index in [1.54, 1.807) is 0 Å². The van der Waals surface area contributed by atoms with Gasteiger partial charge in [-0.3, -0.25) is 0 Å². The molecule has 3 rings (SSSR count). The van der Waals surface area contributed by atoms with Crippen molar-refractivity contribution in [3.05, 3.63) is 53.1 Å². The van der Waals surface area contributed by atoms with Gasteiger partial charge in [-0.25, -0.2) is 9.97 Å². The molecule has 0 fully saturated rings. The Hall–Kier alpha value is -1.87. The van der Waals surface area contributed by atoms with Crippen LogP contribution < -0.4 is 0 Å². The zero-order chi connectivity index (χ0) is 14.7. The van der Waals surface area contributed by atoms with Gasteiger partial charge in [-0.05, 0) is 37.1 Å². The Kier molecular flexibility index (Phi) is 4.40. The van der Waals surface area contributed by atoms with E-state index in [2.05, 4.69) is 35.1 Å². The zero-order valence-corrected chi connectivity index (χ0v) is 12.9. The predicted molar refractivity (Wildman–Crippen MR) is 84.7 cm³/mol. The van der Waals surface area contributed by atoms with Crippen LogP contribution in [0.4, 0.5) is 0 Å². The minimum absolute atomic E-state index is 0.504. The molecule has 0 aliphatic carbocycles. The van der Waals surface area contributed by atoms with Crippen molar-refractivity contribution >= 4 is 22.6 Å². The fraction of sp³-hybridized carbons (Fsp3) is 0.250. The molecule has 2 aromatic heterocycles. The highest BCUT2D eigenvalue weighted by Crippen LogP contribution is 2.27. The molecule has 3 aromatic rings. The minimum atomic E-state index is 0.504. The molecule has 3 nitrogen and oxygen atoms in total. The molecule has 0 aliphatic heterocycles. The van der Waals surface area contributed by atoms with Crippen LogP contribution in [0.25, 0.3) is 16.7 Å². The van der Waals surface area contributed by atoms with E-state index in [-0.39, 0.29) is 0 Å². The van der Waals surface area contributed by atoms with Gasteiger partial charge in [0.15, 0.2) is 0 Å². The summed E-state index contributed by atoms with van der Waals surface area (Å²) in [6.45, 7) is 8.09. The molecule has 0 saturated carbocycles. The fourth-order valence-corrected chi connectivity index (χ4v) is 2.45. The van der Waals surface area contributed by atoms with E-state index in [1.165, 1.54) is 11.9 Å². The molecule has 0 aliphatic rings. The largest absolute Gasteiger partial charge is 0.301 e. The fourth-order valence-electron chi connectivity index (χ4n) is 2.17. The Morgan fingerprint density at radius 2 is 1.85 bits per heavy atom. The first-order chi connectivity index (χ1) is 9.66. The highest BCUT2D eigenvalue weighted by atomic mass is 35.5. The lowest BCUT2D eigenvalue weighted by molar-refractivity contribution is 1.07. The third-order valence-electron chi connectivity index (χ3n) is 3.01. The molecule has 0 unspecified atom stereocenters. The van der Waals surface area contributed by atoms with Crippen LogP contribution in [-0.4, -0.2) is 14.5 Å². The number of hydrogen-bond donors (Lipinski definition) is 0. The van der Waals surface area contributed by atoms with Gasteiger partial charge in [0.05, 0.1) is 5.39 Å². The Morgan fingerprint density at radius 3 is 2.55 bits per heavy atom. The van der Waals surface area contributed by atoms with Crippen molar-refractivity contribution in [1.82, 2.24) is 14.5 Å². The molecule has 0 bridgehead atoms. The number of halogens is 1. The Bertz CT molecular complexity index is 732. The van der Waals surface area contributed by atoms with Crippen LogP contribution in [0, 0.1) is 13.8 Å². The summed E-state index contributed by atoms with van der Waals surface area (Å²) in [6.07, 6.45) is 3.54. The van der Waals surface area contributed by atoms with Crippen molar-refractivity contribution in [1.29, 1.82) is 0 Å². The van der Waals surface area contributed by atoms with Crippen LogP contribution in [0.2, 0.25) is 5.15 Å². The van der Waals surface area contributed by atoms with Crippen LogP contribution in [0.1, 0.15) is 25.0 Å². The number of benzene rings is 1. The summed E-state index contributed by atoms with van der Waals surface area (Å²) < 4.78 is 2.05. The van der Waals surface area contributed by atoms with Crippen molar-refractivity contribution in [2.45, 2.75) is 27.7 Å². The van der Waals surface area contributed by atoms with Gasteiger partial charge in [0, 0.05) is 11.9 Å². The van der Waals surface area contributed by atoms with Crippen LogP contribution in [0.5, 0.6) is 0 Å². The molecule has 0 saturated heterocycles. The van der Waals surface area contributed by atoms with Crippen molar-refractivity contribution in [3.8, 4) is 5.69 Å². The molecule has 0 atom stereocenters. The Labute approximate surface area is 124 Å². The lowest BCUT2D eigenvalue weighted by atomic mass is 10.2. The van der Waals surface area contributed by atoms with Crippen molar-refractivity contribution in [2.24, 2.45) is 0 Å². The summed E-state index contributed by atoms with van der Waals surface area (Å²) in [5.74, 6) is 0. The maximum atomic E-state index is 6.13. The molecule has 1 aromatic carbocycles. The summed E-state index contributed by atoms with van der Waals surface area (Å²) in [5.41, 5.74) is 4.23.